The Balaban J connectivity index is 2.14. The second-order valence-corrected chi connectivity index (χ2v) is 6.98. The number of benzene rings is 2. The number of para-hydroxylation sites is 1. The van der Waals surface area contributed by atoms with Gasteiger partial charge in [0.05, 0.1) is 20.3 Å². The Kier molecular flexibility index (Phi) is 6.17. The smallest absolute Gasteiger partial charge is 0.165 e. The van der Waals surface area contributed by atoms with E-state index in [4.69, 9.17) is 9.47 Å². The summed E-state index contributed by atoms with van der Waals surface area (Å²) in [5.41, 5.74) is 5.11. The molecule has 1 unspecified atom stereocenters. The van der Waals surface area contributed by atoms with Crippen LogP contribution in [0, 0.1) is 13.8 Å². The van der Waals surface area contributed by atoms with Gasteiger partial charge >= 0.3 is 0 Å². The van der Waals surface area contributed by atoms with Gasteiger partial charge in [0.2, 0.25) is 0 Å². The molecular weight excluding hydrogens is 324 g/mol. The van der Waals surface area contributed by atoms with Crippen LogP contribution in [0.15, 0.2) is 36.4 Å². The van der Waals surface area contributed by atoms with Crippen LogP contribution in [-0.4, -0.2) is 45.3 Å². The van der Waals surface area contributed by atoms with Crippen molar-refractivity contribution in [1.29, 1.82) is 0 Å². The van der Waals surface area contributed by atoms with Crippen molar-refractivity contribution in [3.63, 3.8) is 0 Å². The maximum absolute atomic E-state index is 5.79. The van der Waals surface area contributed by atoms with Gasteiger partial charge in [-0.05, 0) is 44.0 Å². The minimum atomic E-state index is 0.153. The van der Waals surface area contributed by atoms with Crippen molar-refractivity contribution in [1.82, 2.24) is 10.2 Å². The number of nitrogens with zero attached hydrogens (tertiary/aromatic N) is 1. The first kappa shape index (κ1) is 18.7. The second kappa shape index (κ2) is 8.56. The molecule has 0 radical (unpaired) electrons. The Hall–Kier alpha value is -2.04. The van der Waals surface area contributed by atoms with Gasteiger partial charge in [0.15, 0.2) is 11.5 Å². The predicted molar refractivity (Wildman–Crippen MR) is 106 cm³/mol. The molecule has 1 atom stereocenters. The lowest BCUT2D eigenvalue weighted by Crippen LogP contribution is -2.33. The molecule has 140 valence electrons. The molecule has 0 bridgehead atoms. The summed E-state index contributed by atoms with van der Waals surface area (Å²) in [4.78, 5) is 2.56. The number of rotatable bonds is 5. The molecule has 4 nitrogen and oxygen atoms in total. The number of aryl methyl sites for hydroxylation is 2. The van der Waals surface area contributed by atoms with Crippen LogP contribution < -0.4 is 14.8 Å². The van der Waals surface area contributed by atoms with E-state index in [2.05, 4.69) is 54.4 Å². The summed E-state index contributed by atoms with van der Waals surface area (Å²) in [7, 11) is 3.42. The van der Waals surface area contributed by atoms with E-state index in [0.717, 1.165) is 44.1 Å². The van der Waals surface area contributed by atoms with Crippen molar-refractivity contribution in [2.75, 3.05) is 40.4 Å². The zero-order chi connectivity index (χ0) is 18.5. The molecular formula is C22H30N2O2. The highest BCUT2D eigenvalue weighted by Crippen LogP contribution is 2.41. The van der Waals surface area contributed by atoms with E-state index in [1.807, 2.05) is 6.07 Å². The van der Waals surface area contributed by atoms with E-state index in [9.17, 15) is 0 Å². The van der Waals surface area contributed by atoms with Gasteiger partial charge in [-0.15, -0.1) is 0 Å². The lowest BCUT2D eigenvalue weighted by atomic mass is 9.91. The highest BCUT2D eigenvalue weighted by molar-refractivity contribution is 5.52. The number of hydrogen-bond donors (Lipinski definition) is 1. The van der Waals surface area contributed by atoms with Crippen LogP contribution in [0.3, 0.4) is 0 Å². The summed E-state index contributed by atoms with van der Waals surface area (Å²) in [5, 5.41) is 3.51. The Bertz CT molecular complexity index is 737. The Morgan fingerprint density at radius 2 is 1.81 bits per heavy atom. The van der Waals surface area contributed by atoms with Crippen LogP contribution in [0.1, 0.15) is 34.7 Å². The third kappa shape index (κ3) is 3.87. The molecule has 0 amide bonds. The summed E-state index contributed by atoms with van der Waals surface area (Å²) >= 11 is 0. The van der Waals surface area contributed by atoms with Crippen LogP contribution >= 0.6 is 0 Å². The van der Waals surface area contributed by atoms with Gasteiger partial charge in [-0.3, -0.25) is 4.90 Å². The van der Waals surface area contributed by atoms with E-state index in [1.165, 1.54) is 22.3 Å². The molecule has 1 fully saturated rings. The fourth-order valence-corrected chi connectivity index (χ4v) is 3.95. The molecule has 3 rings (SSSR count). The molecule has 1 heterocycles. The summed E-state index contributed by atoms with van der Waals surface area (Å²) in [6.07, 6.45) is 1.15. The third-order valence-electron chi connectivity index (χ3n) is 5.19. The van der Waals surface area contributed by atoms with Gasteiger partial charge in [0.1, 0.15) is 0 Å². The van der Waals surface area contributed by atoms with Crippen molar-refractivity contribution in [3.8, 4) is 11.5 Å². The van der Waals surface area contributed by atoms with Crippen LogP contribution in [-0.2, 0) is 0 Å². The molecule has 0 spiro atoms. The molecule has 2 aromatic rings. The number of ether oxygens (including phenoxy) is 2. The van der Waals surface area contributed by atoms with Crippen LogP contribution in [0.5, 0.6) is 11.5 Å². The number of nitrogens with one attached hydrogen (secondary N) is 1. The van der Waals surface area contributed by atoms with Crippen molar-refractivity contribution in [2.24, 2.45) is 0 Å². The summed E-state index contributed by atoms with van der Waals surface area (Å²) in [6.45, 7) is 8.51. The fraction of sp³-hybridized carbons (Fsp3) is 0.455. The van der Waals surface area contributed by atoms with Gasteiger partial charge < -0.3 is 14.8 Å². The van der Waals surface area contributed by atoms with Crippen LogP contribution in [0.4, 0.5) is 0 Å². The Morgan fingerprint density at radius 1 is 0.962 bits per heavy atom. The maximum Gasteiger partial charge on any atom is 0.165 e. The molecule has 1 aliphatic rings. The average Bonchev–Trinajstić information content (AvgIpc) is 2.92. The van der Waals surface area contributed by atoms with E-state index in [1.54, 1.807) is 14.2 Å². The largest absolute Gasteiger partial charge is 0.493 e. The normalized spacial score (nSPS) is 16.8. The second-order valence-electron chi connectivity index (χ2n) is 6.98. The molecule has 0 aromatic heterocycles. The zero-order valence-electron chi connectivity index (χ0n) is 16.3. The first-order valence-electron chi connectivity index (χ1n) is 9.38. The van der Waals surface area contributed by atoms with Gasteiger partial charge in [0, 0.05) is 25.2 Å². The van der Waals surface area contributed by atoms with Gasteiger partial charge in [-0.25, -0.2) is 0 Å². The first-order valence-corrected chi connectivity index (χ1v) is 9.38. The molecule has 0 aliphatic carbocycles. The standard InChI is InChI=1S/C22H30N2O2/c1-16-9-10-18(17(2)15-16)21(24-13-6-11-23-12-14-24)19-7-5-8-20(25-3)22(19)26-4/h5,7-10,15,21,23H,6,11-14H2,1-4H3. The molecule has 4 heteroatoms. The van der Waals surface area contributed by atoms with Crippen molar-refractivity contribution in [2.45, 2.75) is 26.3 Å². The third-order valence-corrected chi connectivity index (χ3v) is 5.19. The molecule has 1 saturated heterocycles. The number of hydrogen-bond acceptors (Lipinski definition) is 4. The van der Waals surface area contributed by atoms with Gasteiger partial charge in [-0.1, -0.05) is 35.9 Å². The Labute approximate surface area is 157 Å². The van der Waals surface area contributed by atoms with Crippen molar-refractivity contribution in [3.05, 3.63) is 58.7 Å². The quantitative estimate of drug-likeness (QED) is 0.888. The topological polar surface area (TPSA) is 33.7 Å². The van der Waals surface area contributed by atoms with E-state index >= 15 is 0 Å². The highest BCUT2D eigenvalue weighted by atomic mass is 16.5. The van der Waals surface area contributed by atoms with E-state index in [-0.39, 0.29) is 6.04 Å². The first-order chi connectivity index (χ1) is 12.7. The zero-order valence-corrected chi connectivity index (χ0v) is 16.3. The molecule has 2 aromatic carbocycles. The lowest BCUT2D eigenvalue weighted by molar-refractivity contribution is 0.234. The predicted octanol–water partition coefficient (Wildman–Crippen LogP) is 3.71. The van der Waals surface area contributed by atoms with Gasteiger partial charge in [-0.2, -0.15) is 0 Å². The van der Waals surface area contributed by atoms with Crippen molar-refractivity contribution < 1.29 is 9.47 Å². The maximum atomic E-state index is 5.79. The average molecular weight is 354 g/mol. The van der Waals surface area contributed by atoms with Crippen LogP contribution in [0.25, 0.3) is 0 Å². The minimum absolute atomic E-state index is 0.153. The molecule has 0 saturated carbocycles. The fourth-order valence-electron chi connectivity index (χ4n) is 3.95. The highest BCUT2D eigenvalue weighted by Gasteiger charge is 2.28. The van der Waals surface area contributed by atoms with E-state index in [0.29, 0.717) is 0 Å². The summed E-state index contributed by atoms with van der Waals surface area (Å²) in [5.74, 6) is 1.62. The molecule has 26 heavy (non-hydrogen) atoms. The summed E-state index contributed by atoms with van der Waals surface area (Å²) in [6, 6.07) is 13.1. The Morgan fingerprint density at radius 3 is 2.54 bits per heavy atom. The molecule has 1 N–H and O–H groups in total. The SMILES string of the molecule is COc1cccc(C(c2ccc(C)cc2C)N2CCCNCC2)c1OC. The number of methoxy groups -OCH3 is 2. The minimum Gasteiger partial charge on any atom is -0.493 e. The van der Waals surface area contributed by atoms with Crippen molar-refractivity contribution >= 4 is 0 Å². The lowest BCUT2D eigenvalue weighted by Gasteiger charge is -2.33. The summed E-state index contributed by atoms with van der Waals surface area (Å²) < 4.78 is 11.4. The molecule has 1 aliphatic heterocycles. The van der Waals surface area contributed by atoms with Crippen LogP contribution in [0.2, 0.25) is 0 Å². The van der Waals surface area contributed by atoms with E-state index < -0.39 is 0 Å². The van der Waals surface area contributed by atoms with Gasteiger partial charge in [0.25, 0.3) is 0 Å². The monoisotopic (exact) mass is 354 g/mol.